The van der Waals surface area contributed by atoms with E-state index in [0.717, 1.165) is 16.9 Å². The van der Waals surface area contributed by atoms with Gasteiger partial charge in [-0.05, 0) is 71.2 Å². The summed E-state index contributed by atoms with van der Waals surface area (Å²) in [4.78, 5) is 12.0. The van der Waals surface area contributed by atoms with Crippen molar-refractivity contribution in [3.63, 3.8) is 0 Å². The minimum atomic E-state index is -0.501. The summed E-state index contributed by atoms with van der Waals surface area (Å²) in [7, 11) is 0. The minimum absolute atomic E-state index is 0.0916. The highest BCUT2D eigenvalue weighted by atomic mass is 16.5. The Balaban J connectivity index is 2.83. The van der Waals surface area contributed by atoms with Gasteiger partial charge in [0.05, 0.1) is 0 Å². The summed E-state index contributed by atoms with van der Waals surface area (Å²) in [6, 6.07) is 4.09. The van der Waals surface area contributed by atoms with E-state index in [1.54, 1.807) is 6.92 Å². The summed E-state index contributed by atoms with van der Waals surface area (Å²) in [5.74, 6) is 0.695. The molecule has 0 aliphatic carbocycles. The number of hydrogen-bond donors (Lipinski definition) is 1. The van der Waals surface area contributed by atoms with E-state index in [4.69, 9.17) is 4.74 Å². The molecule has 1 atom stereocenters. The number of amides is 1. The average molecular weight is 263 g/mol. The Morgan fingerprint density at radius 1 is 1.21 bits per heavy atom. The van der Waals surface area contributed by atoms with Gasteiger partial charge in [-0.15, -0.1) is 0 Å². The zero-order chi connectivity index (χ0) is 14.8. The van der Waals surface area contributed by atoms with Crippen LogP contribution in [-0.4, -0.2) is 17.6 Å². The van der Waals surface area contributed by atoms with Crippen LogP contribution < -0.4 is 10.1 Å². The van der Waals surface area contributed by atoms with Crippen LogP contribution in [0.25, 0.3) is 0 Å². The monoisotopic (exact) mass is 263 g/mol. The molecule has 19 heavy (non-hydrogen) atoms. The molecule has 0 bridgehead atoms. The SMILES string of the molecule is Cc1cc(C)c(C)c(O[C@H](C)C(=O)NC(C)(C)C)c1. The Kier molecular flexibility index (Phi) is 4.61. The number of ether oxygens (including phenoxy) is 1. The molecule has 1 rings (SSSR count). The molecule has 0 radical (unpaired) electrons. The molecule has 3 heteroatoms. The predicted molar refractivity (Wildman–Crippen MR) is 78.6 cm³/mol. The fourth-order valence-electron chi connectivity index (χ4n) is 1.84. The fourth-order valence-corrected chi connectivity index (χ4v) is 1.84. The van der Waals surface area contributed by atoms with Crippen molar-refractivity contribution in [1.29, 1.82) is 0 Å². The number of carbonyl (C=O) groups excluding carboxylic acids is 1. The van der Waals surface area contributed by atoms with Crippen molar-refractivity contribution in [1.82, 2.24) is 5.32 Å². The maximum atomic E-state index is 12.0. The third-order valence-electron chi connectivity index (χ3n) is 2.94. The molecule has 0 aromatic heterocycles. The second-order valence-corrected chi connectivity index (χ2v) is 6.20. The van der Waals surface area contributed by atoms with Gasteiger partial charge >= 0.3 is 0 Å². The Bertz CT molecular complexity index is 472. The highest BCUT2D eigenvalue weighted by molar-refractivity contribution is 5.81. The Morgan fingerprint density at radius 3 is 2.32 bits per heavy atom. The molecule has 0 saturated heterocycles. The largest absolute Gasteiger partial charge is 0.481 e. The standard InChI is InChI=1S/C16H25NO2/c1-10-8-11(2)12(3)14(9-10)19-13(4)15(18)17-16(5,6)7/h8-9,13H,1-7H3,(H,17,18)/t13-/m1/s1. The second-order valence-electron chi connectivity index (χ2n) is 6.20. The van der Waals surface area contributed by atoms with Crippen molar-refractivity contribution in [3.8, 4) is 5.75 Å². The van der Waals surface area contributed by atoms with Gasteiger partial charge < -0.3 is 10.1 Å². The first kappa shape index (κ1) is 15.5. The summed E-state index contributed by atoms with van der Waals surface area (Å²) in [5, 5.41) is 2.92. The van der Waals surface area contributed by atoms with Gasteiger partial charge in [-0.2, -0.15) is 0 Å². The lowest BCUT2D eigenvalue weighted by Gasteiger charge is -2.24. The van der Waals surface area contributed by atoms with E-state index in [1.807, 2.05) is 40.7 Å². The number of nitrogens with one attached hydrogen (secondary N) is 1. The van der Waals surface area contributed by atoms with Crippen LogP contribution in [0, 0.1) is 20.8 Å². The lowest BCUT2D eigenvalue weighted by atomic mass is 10.1. The maximum absolute atomic E-state index is 12.0. The van der Waals surface area contributed by atoms with Crippen molar-refractivity contribution >= 4 is 5.91 Å². The summed E-state index contributed by atoms with van der Waals surface area (Å²) in [5.41, 5.74) is 3.16. The number of hydrogen-bond acceptors (Lipinski definition) is 2. The maximum Gasteiger partial charge on any atom is 0.261 e. The van der Waals surface area contributed by atoms with Crippen LogP contribution in [0.5, 0.6) is 5.75 Å². The fraction of sp³-hybridized carbons (Fsp3) is 0.562. The third-order valence-corrected chi connectivity index (χ3v) is 2.94. The van der Waals surface area contributed by atoms with Gasteiger partial charge in [0.25, 0.3) is 5.91 Å². The van der Waals surface area contributed by atoms with Gasteiger partial charge in [-0.3, -0.25) is 4.79 Å². The average Bonchev–Trinajstić information content (AvgIpc) is 2.22. The van der Waals surface area contributed by atoms with Gasteiger partial charge in [0.2, 0.25) is 0 Å². The van der Waals surface area contributed by atoms with E-state index in [9.17, 15) is 4.79 Å². The molecule has 0 unspecified atom stereocenters. The first-order valence-electron chi connectivity index (χ1n) is 6.66. The summed E-state index contributed by atoms with van der Waals surface area (Å²) < 4.78 is 5.80. The van der Waals surface area contributed by atoms with E-state index in [-0.39, 0.29) is 11.4 Å². The Labute approximate surface area is 116 Å². The Hall–Kier alpha value is -1.51. The van der Waals surface area contributed by atoms with Crippen LogP contribution in [0.15, 0.2) is 12.1 Å². The lowest BCUT2D eigenvalue weighted by molar-refractivity contribution is -0.128. The van der Waals surface area contributed by atoms with E-state index >= 15 is 0 Å². The molecule has 0 aliphatic heterocycles. The molecule has 1 amide bonds. The molecule has 0 spiro atoms. The number of rotatable bonds is 3. The summed E-state index contributed by atoms with van der Waals surface area (Å²) in [6.07, 6.45) is -0.501. The molecule has 1 aromatic carbocycles. The summed E-state index contributed by atoms with van der Waals surface area (Å²) >= 11 is 0. The summed E-state index contributed by atoms with van der Waals surface area (Å²) in [6.45, 7) is 13.7. The number of carbonyl (C=O) groups is 1. The van der Waals surface area contributed by atoms with Crippen LogP contribution in [-0.2, 0) is 4.79 Å². The molecule has 0 saturated carbocycles. The van der Waals surface area contributed by atoms with Gasteiger partial charge in [0, 0.05) is 5.54 Å². The molecular weight excluding hydrogens is 238 g/mol. The van der Waals surface area contributed by atoms with Gasteiger partial charge in [0.1, 0.15) is 5.75 Å². The van der Waals surface area contributed by atoms with Gasteiger partial charge in [-0.25, -0.2) is 0 Å². The van der Waals surface area contributed by atoms with Crippen molar-refractivity contribution in [2.45, 2.75) is 60.1 Å². The van der Waals surface area contributed by atoms with Crippen LogP contribution >= 0.6 is 0 Å². The molecule has 1 N–H and O–H groups in total. The van der Waals surface area contributed by atoms with E-state index in [1.165, 1.54) is 5.56 Å². The molecular formula is C16H25NO2. The first-order valence-corrected chi connectivity index (χ1v) is 6.66. The normalized spacial score (nSPS) is 13.0. The van der Waals surface area contributed by atoms with Crippen LogP contribution in [0.3, 0.4) is 0 Å². The lowest BCUT2D eigenvalue weighted by Crippen LogP contribution is -2.46. The third kappa shape index (κ3) is 4.58. The number of aryl methyl sites for hydroxylation is 2. The van der Waals surface area contributed by atoms with E-state index in [0.29, 0.717) is 0 Å². The van der Waals surface area contributed by atoms with Crippen molar-refractivity contribution < 1.29 is 9.53 Å². The first-order chi connectivity index (χ1) is 8.60. The minimum Gasteiger partial charge on any atom is -0.481 e. The molecule has 1 aromatic rings. The molecule has 0 aliphatic rings. The van der Waals surface area contributed by atoms with E-state index in [2.05, 4.69) is 18.3 Å². The van der Waals surface area contributed by atoms with Crippen molar-refractivity contribution in [3.05, 3.63) is 28.8 Å². The quantitative estimate of drug-likeness (QED) is 0.908. The zero-order valence-corrected chi connectivity index (χ0v) is 13.0. The highest BCUT2D eigenvalue weighted by Crippen LogP contribution is 2.24. The van der Waals surface area contributed by atoms with Crippen molar-refractivity contribution in [2.75, 3.05) is 0 Å². The van der Waals surface area contributed by atoms with Crippen LogP contribution in [0.1, 0.15) is 44.4 Å². The Morgan fingerprint density at radius 2 is 1.79 bits per heavy atom. The number of benzene rings is 1. The van der Waals surface area contributed by atoms with Crippen LogP contribution in [0.4, 0.5) is 0 Å². The highest BCUT2D eigenvalue weighted by Gasteiger charge is 2.21. The zero-order valence-electron chi connectivity index (χ0n) is 13.0. The molecule has 0 fully saturated rings. The van der Waals surface area contributed by atoms with E-state index < -0.39 is 6.10 Å². The predicted octanol–water partition coefficient (Wildman–Crippen LogP) is 3.29. The molecule has 3 nitrogen and oxygen atoms in total. The topological polar surface area (TPSA) is 38.3 Å². The smallest absolute Gasteiger partial charge is 0.261 e. The second kappa shape index (κ2) is 5.64. The molecule has 106 valence electrons. The van der Waals surface area contributed by atoms with Crippen molar-refractivity contribution in [2.24, 2.45) is 0 Å². The van der Waals surface area contributed by atoms with Crippen LogP contribution in [0.2, 0.25) is 0 Å². The van der Waals surface area contributed by atoms with Gasteiger partial charge in [-0.1, -0.05) is 6.07 Å². The van der Waals surface area contributed by atoms with Gasteiger partial charge in [0.15, 0.2) is 6.10 Å². The molecule has 0 heterocycles.